The predicted octanol–water partition coefficient (Wildman–Crippen LogP) is 12.1. The van der Waals surface area contributed by atoms with Crippen LogP contribution in [-0.4, -0.2) is 66.3 Å². The number of hydrogen-bond acceptors (Lipinski definition) is 8. The third kappa shape index (κ3) is 40.7. The van der Waals surface area contributed by atoms with Crippen LogP contribution in [0.3, 0.4) is 0 Å². The molecule has 0 radical (unpaired) electrons. The molecule has 3 N–H and O–H groups in total. The van der Waals surface area contributed by atoms with E-state index in [9.17, 15) is 19.4 Å². The molecule has 0 aromatic heterocycles. The van der Waals surface area contributed by atoms with Crippen molar-refractivity contribution in [2.45, 2.75) is 225 Å². The van der Waals surface area contributed by atoms with Crippen molar-refractivity contribution >= 4 is 13.8 Å². The SMILES string of the molecule is CCCCCCCC/C=C\CCCCCCCCCCOCC(COP(=O)(O)OCC(O)CO)OC(=O)CCCCCCCCCCCCCCCC. The van der Waals surface area contributed by atoms with Gasteiger partial charge in [-0.05, 0) is 38.5 Å². The van der Waals surface area contributed by atoms with Gasteiger partial charge in [0, 0.05) is 13.0 Å². The van der Waals surface area contributed by atoms with Crippen molar-refractivity contribution in [2.24, 2.45) is 0 Å². The Morgan fingerprint density at radius 2 is 0.962 bits per heavy atom. The van der Waals surface area contributed by atoms with Gasteiger partial charge in [-0.3, -0.25) is 13.8 Å². The van der Waals surface area contributed by atoms with Crippen LogP contribution in [0.4, 0.5) is 0 Å². The highest BCUT2D eigenvalue weighted by Gasteiger charge is 2.26. The first-order chi connectivity index (χ1) is 25.8. The molecule has 0 heterocycles. The fourth-order valence-electron chi connectivity index (χ4n) is 6.29. The summed E-state index contributed by atoms with van der Waals surface area (Å²) in [6.07, 6.45) is 40.2. The quantitative estimate of drug-likeness (QED) is 0.0240. The number of ether oxygens (including phenoxy) is 2. The average Bonchev–Trinajstić information content (AvgIpc) is 3.15. The molecule has 316 valence electrons. The minimum Gasteiger partial charge on any atom is -0.457 e. The molecule has 0 saturated carbocycles. The summed E-state index contributed by atoms with van der Waals surface area (Å²) in [5, 5.41) is 18.3. The van der Waals surface area contributed by atoms with Crippen molar-refractivity contribution in [2.75, 3.05) is 33.0 Å². The Hall–Kier alpha value is -0.800. The lowest BCUT2D eigenvalue weighted by molar-refractivity contribution is -0.154. The molecule has 0 aliphatic rings. The lowest BCUT2D eigenvalue weighted by Gasteiger charge is -2.20. The van der Waals surface area contributed by atoms with E-state index in [2.05, 4.69) is 26.0 Å². The van der Waals surface area contributed by atoms with E-state index in [4.69, 9.17) is 23.6 Å². The Balaban J connectivity index is 4.12. The summed E-state index contributed by atoms with van der Waals surface area (Å²) in [4.78, 5) is 22.6. The van der Waals surface area contributed by atoms with Crippen molar-refractivity contribution < 1.29 is 43.0 Å². The number of allylic oxidation sites excluding steroid dienone is 2. The molecular weight excluding hydrogens is 691 g/mol. The zero-order valence-electron chi connectivity index (χ0n) is 34.5. The molecule has 0 spiro atoms. The van der Waals surface area contributed by atoms with Gasteiger partial charge in [0.1, 0.15) is 12.2 Å². The highest BCUT2D eigenvalue weighted by molar-refractivity contribution is 7.47. The van der Waals surface area contributed by atoms with Crippen LogP contribution < -0.4 is 0 Å². The number of aliphatic hydroxyl groups is 2. The van der Waals surface area contributed by atoms with E-state index in [1.165, 1.54) is 154 Å². The van der Waals surface area contributed by atoms with Crippen LogP contribution in [0.2, 0.25) is 0 Å². The normalized spacial score (nSPS) is 14.1. The molecule has 0 fully saturated rings. The third-order valence-electron chi connectivity index (χ3n) is 9.70. The Morgan fingerprint density at radius 3 is 1.42 bits per heavy atom. The van der Waals surface area contributed by atoms with Crippen molar-refractivity contribution in [3.63, 3.8) is 0 Å². The monoisotopic (exact) mass is 777 g/mol. The minimum absolute atomic E-state index is 0.0527. The second-order valence-electron chi connectivity index (χ2n) is 15.1. The van der Waals surface area contributed by atoms with Gasteiger partial charge in [-0.1, -0.05) is 180 Å². The van der Waals surface area contributed by atoms with Gasteiger partial charge >= 0.3 is 13.8 Å². The fraction of sp³-hybridized carbons (Fsp3) is 0.930. The number of esters is 1. The summed E-state index contributed by atoms with van der Waals surface area (Å²) >= 11 is 0. The summed E-state index contributed by atoms with van der Waals surface area (Å²) in [6.45, 7) is 3.54. The van der Waals surface area contributed by atoms with Gasteiger partial charge in [0.2, 0.25) is 0 Å². The molecule has 0 aliphatic heterocycles. The van der Waals surface area contributed by atoms with Crippen LogP contribution in [-0.2, 0) is 27.9 Å². The van der Waals surface area contributed by atoms with Gasteiger partial charge in [-0.15, -0.1) is 0 Å². The van der Waals surface area contributed by atoms with E-state index in [1.54, 1.807) is 0 Å². The molecule has 0 aromatic carbocycles. The predicted molar refractivity (Wildman–Crippen MR) is 219 cm³/mol. The summed E-state index contributed by atoms with van der Waals surface area (Å²) in [5.74, 6) is -0.380. The maximum atomic E-state index is 12.6. The van der Waals surface area contributed by atoms with Gasteiger partial charge in [0.25, 0.3) is 0 Å². The Kier molecular flexibility index (Phi) is 40.2. The number of phosphoric ester groups is 1. The number of aliphatic hydroxyl groups excluding tert-OH is 2. The number of carbonyl (C=O) groups excluding carboxylic acids is 1. The Labute approximate surface area is 326 Å². The van der Waals surface area contributed by atoms with E-state index in [1.807, 2.05) is 0 Å². The van der Waals surface area contributed by atoms with Crippen molar-refractivity contribution in [1.29, 1.82) is 0 Å². The molecule has 0 bridgehead atoms. The molecule has 0 rings (SSSR count). The lowest BCUT2D eigenvalue weighted by atomic mass is 10.0. The number of unbranched alkanes of at least 4 members (excludes halogenated alkanes) is 27. The largest absolute Gasteiger partial charge is 0.472 e. The van der Waals surface area contributed by atoms with Gasteiger partial charge in [0.05, 0.1) is 26.4 Å². The van der Waals surface area contributed by atoms with Crippen LogP contribution in [0.5, 0.6) is 0 Å². The van der Waals surface area contributed by atoms with Gasteiger partial charge in [-0.25, -0.2) is 4.57 Å². The summed E-state index contributed by atoms with van der Waals surface area (Å²) in [7, 11) is -4.51. The second-order valence-corrected chi connectivity index (χ2v) is 16.5. The van der Waals surface area contributed by atoms with Gasteiger partial charge in [-0.2, -0.15) is 0 Å². The molecule has 3 unspecified atom stereocenters. The lowest BCUT2D eigenvalue weighted by Crippen LogP contribution is -2.29. The van der Waals surface area contributed by atoms with Crippen molar-refractivity contribution in [3.05, 3.63) is 12.2 Å². The van der Waals surface area contributed by atoms with E-state index in [0.29, 0.717) is 6.61 Å². The summed E-state index contributed by atoms with van der Waals surface area (Å²) in [5.41, 5.74) is 0. The van der Waals surface area contributed by atoms with E-state index < -0.39 is 33.2 Å². The third-order valence-corrected chi connectivity index (χ3v) is 10.7. The maximum Gasteiger partial charge on any atom is 0.472 e. The Bertz CT molecular complexity index is 841. The maximum absolute atomic E-state index is 12.6. The van der Waals surface area contributed by atoms with Crippen LogP contribution in [0.15, 0.2) is 12.2 Å². The first-order valence-electron chi connectivity index (χ1n) is 22.2. The molecule has 3 atom stereocenters. The second kappa shape index (κ2) is 40.9. The number of rotatable bonds is 43. The summed E-state index contributed by atoms with van der Waals surface area (Å²) < 4.78 is 33.4. The number of phosphoric acid groups is 1. The van der Waals surface area contributed by atoms with Crippen LogP contribution in [0.1, 0.15) is 213 Å². The number of hydrogen-bond donors (Lipinski definition) is 3. The Morgan fingerprint density at radius 1 is 0.566 bits per heavy atom. The molecule has 0 aromatic rings. The van der Waals surface area contributed by atoms with E-state index in [-0.39, 0.29) is 25.6 Å². The summed E-state index contributed by atoms with van der Waals surface area (Å²) in [6, 6.07) is 0. The zero-order valence-corrected chi connectivity index (χ0v) is 35.4. The average molecular weight is 777 g/mol. The molecule has 0 aliphatic carbocycles. The highest BCUT2D eigenvalue weighted by Crippen LogP contribution is 2.43. The van der Waals surface area contributed by atoms with Gasteiger partial charge < -0.3 is 24.6 Å². The molecule has 9 nitrogen and oxygen atoms in total. The molecule has 10 heteroatoms. The van der Waals surface area contributed by atoms with Crippen LogP contribution >= 0.6 is 7.82 Å². The molecule has 53 heavy (non-hydrogen) atoms. The first-order valence-corrected chi connectivity index (χ1v) is 23.7. The fourth-order valence-corrected chi connectivity index (χ4v) is 7.08. The molecular formula is C43H85O9P. The topological polar surface area (TPSA) is 132 Å². The molecule has 0 amide bonds. The van der Waals surface area contributed by atoms with Crippen LogP contribution in [0, 0.1) is 0 Å². The van der Waals surface area contributed by atoms with E-state index >= 15 is 0 Å². The standard InChI is InChI=1S/C43H85O9P/c1-3-5-7-9-11-13-15-17-19-20-21-22-24-26-28-30-32-34-36-49-39-42(40-51-53(47,48)50-38-41(45)37-44)52-43(46)35-33-31-29-27-25-23-18-16-14-12-10-8-6-4-2/h17,19,41-42,44-45H,3-16,18,20-40H2,1-2H3,(H,47,48)/b19-17-. The van der Waals surface area contributed by atoms with Gasteiger partial charge in [0.15, 0.2) is 0 Å². The number of carbonyl (C=O) groups is 1. The van der Waals surface area contributed by atoms with Crippen molar-refractivity contribution in [1.82, 2.24) is 0 Å². The highest BCUT2D eigenvalue weighted by atomic mass is 31.2. The minimum atomic E-state index is -4.51. The smallest absolute Gasteiger partial charge is 0.457 e. The molecule has 0 saturated heterocycles. The van der Waals surface area contributed by atoms with E-state index in [0.717, 1.165) is 38.5 Å². The first kappa shape index (κ1) is 52.2. The van der Waals surface area contributed by atoms with Crippen LogP contribution in [0.25, 0.3) is 0 Å². The zero-order chi connectivity index (χ0) is 38.9. The van der Waals surface area contributed by atoms with Crippen molar-refractivity contribution in [3.8, 4) is 0 Å².